The van der Waals surface area contributed by atoms with Crippen molar-refractivity contribution in [3.05, 3.63) is 113 Å². The van der Waals surface area contributed by atoms with Gasteiger partial charge in [-0.1, -0.05) is 77.4 Å². The van der Waals surface area contributed by atoms with Crippen LogP contribution >= 0.6 is 0 Å². The van der Waals surface area contributed by atoms with Gasteiger partial charge in [0.2, 0.25) is 11.5 Å². The summed E-state index contributed by atoms with van der Waals surface area (Å²) in [6, 6.07) is 22.5. The summed E-state index contributed by atoms with van der Waals surface area (Å²) in [6.45, 7) is 3.63. The van der Waals surface area contributed by atoms with Gasteiger partial charge in [0.15, 0.2) is 0 Å². The van der Waals surface area contributed by atoms with Crippen LogP contribution in [0.15, 0.2) is 105 Å². The number of aryl methyl sites for hydroxylation is 1. The molecule has 0 fully saturated rings. The Hall–Kier alpha value is -3.84. The van der Waals surface area contributed by atoms with Gasteiger partial charge in [0.05, 0.1) is 16.3 Å². The normalized spacial score (nSPS) is 15.3. The summed E-state index contributed by atoms with van der Waals surface area (Å²) in [7, 11) is -3.99. The number of carbonyl (C=O) groups excluding carboxylic acids is 1. The fourth-order valence-corrected chi connectivity index (χ4v) is 4.19. The topological polar surface area (TPSA) is 85.2 Å². The van der Waals surface area contributed by atoms with Crippen molar-refractivity contribution in [3.8, 4) is 0 Å². The van der Waals surface area contributed by atoms with Crippen LogP contribution in [0.2, 0.25) is 0 Å². The van der Waals surface area contributed by atoms with Gasteiger partial charge >= 0.3 is 0 Å². The minimum Gasteiger partial charge on any atom is -0.352 e. The third-order valence-corrected chi connectivity index (χ3v) is 6.25. The van der Waals surface area contributed by atoms with E-state index in [2.05, 4.69) is 9.55 Å². The van der Waals surface area contributed by atoms with Crippen molar-refractivity contribution in [1.29, 1.82) is 0 Å². The molecule has 0 aliphatic heterocycles. The summed E-state index contributed by atoms with van der Waals surface area (Å²) >= 11 is 0. The quantitative estimate of drug-likeness (QED) is 0.422. The van der Waals surface area contributed by atoms with Gasteiger partial charge in [-0.2, -0.15) is 12.8 Å². The summed E-state index contributed by atoms with van der Waals surface area (Å²) < 4.78 is 29.8. The van der Waals surface area contributed by atoms with Crippen LogP contribution in [-0.2, 0) is 14.9 Å². The first-order chi connectivity index (χ1) is 15.3. The first-order valence-electron chi connectivity index (χ1n) is 9.89. The fraction of sp³-hybridized carbons (Fsp3) is 0.0800. The minimum atomic E-state index is -3.99. The zero-order valence-electron chi connectivity index (χ0n) is 17.5. The van der Waals surface area contributed by atoms with Gasteiger partial charge in [-0.3, -0.25) is 4.79 Å². The maximum atomic E-state index is 12.9. The van der Waals surface area contributed by atoms with Gasteiger partial charge < -0.3 is 4.84 Å². The third kappa shape index (κ3) is 4.43. The molecule has 0 saturated carbocycles. The highest BCUT2D eigenvalue weighted by Crippen LogP contribution is 2.25. The molecule has 1 aliphatic carbocycles. The second-order valence-corrected chi connectivity index (χ2v) is 8.89. The predicted octanol–water partition coefficient (Wildman–Crippen LogP) is 4.69. The van der Waals surface area contributed by atoms with Crippen LogP contribution < -0.4 is 0 Å². The van der Waals surface area contributed by atoms with Crippen molar-refractivity contribution in [1.82, 2.24) is 0 Å². The van der Waals surface area contributed by atoms with Gasteiger partial charge in [0, 0.05) is 17.2 Å². The molecule has 0 unspecified atom stereocenters. The molecule has 0 amide bonds. The van der Waals surface area contributed by atoms with E-state index in [1.807, 2.05) is 37.3 Å². The number of hydrogen-bond donors (Lipinski definition) is 0. The maximum Gasteiger partial charge on any atom is 0.282 e. The summed E-state index contributed by atoms with van der Waals surface area (Å²) in [4.78, 5) is 18.4. The van der Waals surface area contributed by atoms with E-state index in [0.717, 1.165) is 11.1 Å². The van der Waals surface area contributed by atoms with Crippen molar-refractivity contribution in [2.24, 2.45) is 9.55 Å². The van der Waals surface area contributed by atoms with Crippen LogP contribution in [0.25, 0.3) is 0 Å². The lowest BCUT2D eigenvalue weighted by molar-refractivity contribution is 0.0923. The Bertz CT molecular complexity index is 1370. The molecule has 0 spiro atoms. The van der Waals surface area contributed by atoms with E-state index < -0.39 is 15.8 Å². The highest BCUT2D eigenvalue weighted by atomic mass is 32.2. The first kappa shape index (κ1) is 21.4. The van der Waals surface area contributed by atoms with Gasteiger partial charge in [-0.15, -0.1) is 0 Å². The lowest BCUT2D eigenvalue weighted by Gasteiger charge is -2.16. The van der Waals surface area contributed by atoms with Crippen molar-refractivity contribution in [3.63, 3.8) is 0 Å². The maximum absolute atomic E-state index is 12.9. The molecular weight excluding hydrogens is 424 g/mol. The van der Waals surface area contributed by atoms with Gasteiger partial charge in [-0.05, 0) is 31.5 Å². The van der Waals surface area contributed by atoms with Crippen molar-refractivity contribution < 1.29 is 18.0 Å². The molecule has 7 heteroatoms. The minimum absolute atomic E-state index is 0.0683. The zero-order chi connectivity index (χ0) is 22.7. The molecule has 6 nitrogen and oxygen atoms in total. The van der Waals surface area contributed by atoms with E-state index in [1.165, 1.54) is 18.2 Å². The average Bonchev–Trinajstić information content (AvgIpc) is 2.80. The second kappa shape index (κ2) is 8.72. The standard InChI is InChI=1S/C25H20N2O4S/c1-17-12-14-20(15-13-17)32(29,30)27-23-16-24(25(28)22-11-7-6-10-21(22)23)31-26-18(2)19-8-4-3-5-9-19/h3-16H,1-2H3/b26-18+,27-23-. The second-order valence-electron chi connectivity index (χ2n) is 7.28. The average molecular weight is 445 g/mol. The smallest absolute Gasteiger partial charge is 0.282 e. The Balaban J connectivity index is 1.75. The SMILES string of the molecule is C/C(=N\OC1=C/C(=N/S(=O)(=O)c2ccc(C)cc2)c2ccccc2C1=O)c1ccccc1. The molecular formula is C25H20N2O4S. The van der Waals surface area contributed by atoms with Crippen LogP contribution in [0.3, 0.4) is 0 Å². The van der Waals surface area contributed by atoms with Crippen LogP contribution in [0.1, 0.15) is 34.0 Å². The zero-order valence-corrected chi connectivity index (χ0v) is 18.3. The Morgan fingerprint density at radius 2 is 1.47 bits per heavy atom. The van der Waals surface area contributed by atoms with Crippen molar-refractivity contribution >= 4 is 27.2 Å². The number of carbonyl (C=O) groups is 1. The first-order valence-corrected chi connectivity index (χ1v) is 11.3. The molecule has 1 aliphatic rings. The highest BCUT2D eigenvalue weighted by molar-refractivity contribution is 7.90. The van der Waals surface area contributed by atoms with Crippen molar-refractivity contribution in [2.45, 2.75) is 18.7 Å². The number of sulfonamides is 1. The number of hydrogen-bond acceptors (Lipinski definition) is 5. The van der Waals surface area contributed by atoms with Crippen LogP contribution in [-0.4, -0.2) is 25.6 Å². The largest absolute Gasteiger partial charge is 0.352 e. The summed E-state index contributed by atoms with van der Waals surface area (Å²) in [5.74, 6) is -0.492. The molecule has 3 aromatic rings. The molecule has 32 heavy (non-hydrogen) atoms. The molecule has 3 aromatic carbocycles. The molecule has 0 bridgehead atoms. The number of rotatable bonds is 5. The number of Topliss-reactive ketones (excluding diaryl/α,β-unsaturated/α-hetero) is 1. The van der Waals surface area contributed by atoms with Gasteiger partial charge in [0.25, 0.3) is 10.0 Å². The number of benzene rings is 3. The van der Waals surface area contributed by atoms with Crippen LogP contribution in [0.5, 0.6) is 0 Å². The van der Waals surface area contributed by atoms with Crippen LogP contribution in [0, 0.1) is 6.92 Å². The van der Waals surface area contributed by atoms with E-state index in [1.54, 1.807) is 43.3 Å². The Morgan fingerprint density at radius 3 is 2.16 bits per heavy atom. The molecule has 0 heterocycles. The monoisotopic (exact) mass is 444 g/mol. The van der Waals surface area contributed by atoms with Gasteiger partial charge in [-0.25, -0.2) is 0 Å². The predicted molar refractivity (Wildman–Crippen MR) is 123 cm³/mol. The number of nitrogens with zero attached hydrogens (tertiary/aromatic N) is 2. The highest BCUT2D eigenvalue weighted by Gasteiger charge is 2.27. The number of oxime groups is 1. The Morgan fingerprint density at radius 1 is 0.844 bits per heavy atom. The lowest BCUT2D eigenvalue weighted by atomic mass is 9.93. The lowest BCUT2D eigenvalue weighted by Crippen LogP contribution is -2.19. The Kier molecular flexibility index (Phi) is 5.83. The van der Waals surface area contributed by atoms with Gasteiger partial charge in [0.1, 0.15) is 0 Å². The van der Waals surface area contributed by atoms with E-state index in [4.69, 9.17) is 4.84 Å². The van der Waals surface area contributed by atoms with Crippen LogP contribution in [0.4, 0.5) is 0 Å². The molecule has 160 valence electrons. The molecule has 0 saturated heterocycles. The van der Waals surface area contributed by atoms with E-state index in [-0.39, 0.29) is 16.4 Å². The molecule has 4 rings (SSSR count). The van der Waals surface area contributed by atoms with E-state index >= 15 is 0 Å². The number of ketones is 1. The fourth-order valence-electron chi connectivity index (χ4n) is 3.19. The molecule has 0 atom stereocenters. The summed E-state index contributed by atoms with van der Waals surface area (Å²) in [6.07, 6.45) is 1.32. The summed E-state index contributed by atoms with van der Waals surface area (Å²) in [5, 5.41) is 4.06. The van der Waals surface area contributed by atoms with Crippen molar-refractivity contribution in [2.75, 3.05) is 0 Å². The van der Waals surface area contributed by atoms with E-state index in [9.17, 15) is 13.2 Å². The number of fused-ring (bicyclic) bond motifs is 1. The molecule has 0 N–H and O–H groups in total. The summed E-state index contributed by atoms with van der Waals surface area (Å²) in [5.41, 5.74) is 3.19. The number of allylic oxidation sites excluding steroid dienone is 2. The van der Waals surface area contributed by atoms with E-state index in [0.29, 0.717) is 16.8 Å². The molecule has 0 radical (unpaired) electrons. The Labute approximate surface area is 186 Å². The third-order valence-electron chi connectivity index (χ3n) is 4.95. The molecule has 0 aromatic heterocycles.